The molecule has 0 bridgehead atoms. The summed E-state index contributed by atoms with van der Waals surface area (Å²) in [4.78, 5) is 17.8. The molecule has 1 fully saturated rings. The van der Waals surface area contributed by atoms with Crippen molar-refractivity contribution in [3.05, 3.63) is 60.2 Å². The summed E-state index contributed by atoms with van der Waals surface area (Å²) in [7, 11) is 1.87. The Morgan fingerprint density at radius 2 is 1.72 bits per heavy atom. The fourth-order valence-electron chi connectivity index (χ4n) is 3.27. The molecule has 5 heteroatoms. The zero-order valence-electron chi connectivity index (χ0n) is 14.7. The number of carbonyl (C=O) groups is 1. The number of quaternary nitrogens is 1. The van der Waals surface area contributed by atoms with E-state index in [0.717, 1.165) is 37.4 Å². The van der Waals surface area contributed by atoms with Crippen molar-refractivity contribution in [1.82, 2.24) is 4.90 Å². The van der Waals surface area contributed by atoms with Crippen LogP contribution in [0.5, 0.6) is 5.75 Å². The van der Waals surface area contributed by atoms with Gasteiger partial charge in [-0.05, 0) is 17.7 Å². The molecule has 1 aliphatic rings. The Balaban J connectivity index is 1.48. The van der Waals surface area contributed by atoms with Crippen molar-refractivity contribution in [3.8, 4) is 5.75 Å². The van der Waals surface area contributed by atoms with Crippen LogP contribution in [0.1, 0.15) is 5.56 Å². The van der Waals surface area contributed by atoms with Crippen molar-refractivity contribution in [3.63, 3.8) is 0 Å². The topological polar surface area (TPSA) is 48.2 Å². The van der Waals surface area contributed by atoms with Crippen LogP contribution in [0.2, 0.25) is 0 Å². The molecule has 5 nitrogen and oxygen atoms in total. The second-order valence-corrected chi connectivity index (χ2v) is 6.64. The Kier molecular flexibility index (Phi) is 5.56. The number of para-hydroxylation sites is 2. The zero-order valence-corrected chi connectivity index (χ0v) is 14.7. The summed E-state index contributed by atoms with van der Waals surface area (Å²) in [6.45, 7) is 4.68. The smallest absolute Gasteiger partial charge is 0.277 e. The zero-order chi connectivity index (χ0) is 17.6. The minimum atomic E-state index is 0.176. The molecule has 1 aliphatic heterocycles. The summed E-state index contributed by atoms with van der Waals surface area (Å²) in [6, 6.07) is 17.5. The number of benzene rings is 2. The Bertz CT molecular complexity index is 697. The molecule has 0 unspecified atom stereocenters. The van der Waals surface area contributed by atoms with Gasteiger partial charge in [0, 0.05) is 13.6 Å². The number of likely N-dealkylation sites (N-methyl/N-ethyl adjacent to an activating group) is 1. The number of carbonyl (C=O) groups excluding carboxylic acids is 1. The molecule has 1 saturated heterocycles. The summed E-state index contributed by atoms with van der Waals surface area (Å²) < 4.78 is 0. The van der Waals surface area contributed by atoms with E-state index >= 15 is 0 Å². The molecule has 25 heavy (non-hydrogen) atoms. The van der Waals surface area contributed by atoms with Gasteiger partial charge >= 0.3 is 0 Å². The van der Waals surface area contributed by atoms with Crippen LogP contribution in [0.15, 0.2) is 54.6 Å². The largest absolute Gasteiger partial charge is 0.506 e. The van der Waals surface area contributed by atoms with Crippen LogP contribution in [0, 0.1) is 0 Å². The number of piperazine rings is 1. The van der Waals surface area contributed by atoms with Gasteiger partial charge in [0.2, 0.25) is 0 Å². The third-order valence-electron chi connectivity index (χ3n) is 4.78. The fraction of sp³-hybridized carbons (Fsp3) is 0.350. The molecule has 1 amide bonds. The lowest BCUT2D eigenvalue weighted by Gasteiger charge is -2.34. The lowest BCUT2D eigenvalue weighted by atomic mass is 10.2. The third-order valence-corrected chi connectivity index (χ3v) is 4.78. The standard InChI is InChI=1S/C20H25N3O2/c1-21(15-17-7-3-2-4-8-17)20(25)16-22-11-13-23(14-12-22)18-9-5-6-10-19(18)24/h2-10,24H,11-16H2,1H3/p+1. The highest BCUT2D eigenvalue weighted by atomic mass is 16.3. The summed E-state index contributed by atoms with van der Waals surface area (Å²) in [6.07, 6.45) is 0. The highest BCUT2D eigenvalue weighted by Crippen LogP contribution is 2.25. The van der Waals surface area contributed by atoms with Gasteiger partial charge in [-0.2, -0.15) is 0 Å². The molecule has 3 rings (SSSR count). The van der Waals surface area contributed by atoms with Crippen molar-refractivity contribution in [1.29, 1.82) is 0 Å². The predicted molar refractivity (Wildman–Crippen MR) is 98.8 cm³/mol. The van der Waals surface area contributed by atoms with Crippen molar-refractivity contribution in [2.24, 2.45) is 0 Å². The van der Waals surface area contributed by atoms with E-state index in [1.165, 1.54) is 4.90 Å². The number of nitrogens with zero attached hydrogens (tertiary/aromatic N) is 2. The minimum absolute atomic E-state index is 0.176. The maximum absolute atomic E-state index is 12.5. The van der Waals surface area contributed by atoms with Gasteiger partial charge < -0.3 is 19.8 Å². The van der Waals surface area contributed by atoms with E-state index in [2.05, 4.69) is 4.90 Å². The average molecular weight is 340 g/mol. The first-order valence-corrected chi connectivity index (χ1v) is 8.78. The molecule has 0 saturated carbocycles. The van der Waals surface area contributed by atoms with E-state index in [0.29, 0.717) is 18.8 Å². The normalized spacial score (nSPS) is 15.2. The molecule has 2 aromatic carbocycles. The van der Waals surface area contributed by atoms with E-state index in [4.69, 9.17) is 0 Å². The Morgan fingerprint density at radius 1 is 1.08 bits per heavy atom. The van der Waals surface area contributed by atoms with Crippen LogP contribution in [-0.4, -0.2) is 55.7 Å². The number of phenolic OH excluding ortho intramolecular Hbond substituents is 1. The first-order chi connectivity index (χ1) is 12.1. The Morgan fingerprint density at radius 3 is 2.40 bits per heavy atom. The van der Waals surface area contributed by atoms with Crippen LogP contribution in [0.25, 0.3) is 0 Å². The average Bonchev–Trinajstić information content (AvgIpc) is 2.64. The lowest BCUT2D eigenvalue weighted by molar-refractivity contribution is -0.892. The van der Waals surface area contributed by atoms with Crippen LogP contribution in [0.4, 0.5) is 5.69 Å². The Labute approximate surface area is 149 Å². The molecular formula is C20H26N3O2+. The molecule has 1 heterocycles. The first kappa shape index (κ1) is 17.3. The number of hydrogen-bond acceptors (Lipinski definition) is 3. The van der Waals surface area contributed by atoms with E-state index in [-0.39, 0.29) is 5.91 Å². The van der Waals surface area contributed by atoms with Gasteiger partial charge in [-0.25, -0.2) is 0 Å². The van der Waals surface area contributed by atoms with Crippen molar-refractivity contribution >= 4 is 11.6 Å². The van der Waals surface area contributed by atoms with Crippen molar-refractivity contribution < 1.29 is 14.8 Å². The number of amides is 1. The van der Waals surface area contributed by atoms with Gasteiger partial charge in [-0.15, -0.1) is 0 Å². The van der Waals surface area contributed by atoms with Crippen LogP contribution < -0.4 is 9.80 Å². The van der Waals surface area contributed by atoms with Crippen LogP contribution >= 0.6 is 0 Å². The summed E-state index contributed by atoms with van der Waals surface area (Å²) in [5, 5.41) is 9.98. The van der Waals surface area contributed by atoms with E-state index in [9.17, 15) is 9.90 Å². The number of anilines is 1. The monoisotopic (exact) mass is 340 g/mol. The van der Waals surface area contributed by atoms with Crippen LogP contribution in [-0.2, 0) is 11.3 Å². The Hall–Kier alpha value is -2.53. The van der Waals surface area contributed by atoms with Crippen LogP contribution in [0.3, 0.4) is 0 Å². The van der Waals surface area contributed by atoms with E-state index in [1.807, 2.05) is 55.6 Å². The van der Waals surface area contributed by atoms with Gasteiger partial charge in [-0.3, -0.25) is 4.79 Å². The van der Waals surface area contributed by atoms with Crippen molar-refractivity contribution in [2.75, 3.05) is 44.7 Å². The minimum Gasteiger partial charge on any atom is -0.506 e. The predicted octanol–water partition coefficient (Wildman–Crippen LogP) is 0.756. The highest BCUT2D eigenvalue weighted by Gasteiger charge is 2.24. The maximum Gasteiger partial charge on any atom is 0.277 e. The molecular weight excluding hydrogens is 314 g/mol. The van der Waals surface area contributed by atoms with Gasteiger partial charge in [-0.1, -0.05) is 42.5 Å². The molecule has 2 aromatic rings. The number of rotatable bonds is 5. The first-order valence-electron chi connectivity index (χ1n) is 8.78. The molecule has 0 aliphatic carbocycles. The van der Waals surface area contributed by atoms with E-state index < -0.39 is 0 Å². The maximum atomic E-state index is 12.5. The molecule has 0 radical (unpaired) electrons. The molecule has 132 valence electrons. The number of aromatic hydroxyl groups is 1. The lowest BCUT2D eigenvalue weighted by Crippen LogP contribution is -3.15. The fourth-order valence-corrected chi connectivity index (χ4v) is 3.27. The second-order valence-electron chi connectivity index (χ2n) is 6.64. The number of nitrogens with one attached hydrogen (secondary N) is 1. The quantitative estimate of drug-likeness (QED) is 0.845. The molecule has 0 spiro atoms. The van der Waals surface area contributed by atoms with Gasteiger partial charge in [0.1, 0.15) is 5.75 Å². The molecule has 2 N–H and O–H groups in total. The summed E-state index contributed by atoms with van der Waals surface area (Å²) in [5.74, 6) is 0.500. The molecule has 0 atom stereocenters. The van der Waals surface area contributed by atoms with E-state index in [1.54, 1.807) is 11.0 Å². The van der Waals surface area contributed by atoms with Gasteiger partial charge in [0.25, 0.3) is 5.91 Å². The SMILES string of the molecule is CN(Cc1ccccc1)C(=O)C[NH+]1CCN(c2ccccc2O)CC1. The highest BCUT2D eigenvalue weighted by molar-refractivity contribution is 5.76. The van der Waals surface area contributed by atoms with Gasteiger partial charge in [0.05, 0.1) is 31.9 Å². The summed E-state index contributed by atoms with van der Waals surface area (Å²) in [5.41, 5.74) is 2.03. The number of phenols is 1. The summed E-state index contributed by atoms with van der Waals surface area (Å²) >= 11 is 0. The van der Waals surface area contributed by atoms with Crippen molar-refractivity contribution in [2.45, 2.75) is 6.54 Å². The molecule has 0 aromatic heterocycles. The van der Waals surface area contributed by atoms with Gasteiger partial charge in [0.15, 0.2) is 6.54 Å². The second kappa shape index (κ2) is 8.03. The third kappa shape index (κ3) is 4.51. The number of hydrogen-bond donors (Lipinski definition) is 2.